The van der Waals surface area contributed by atoms with E-state index in [0.29, 0.717) is 5.92 Å². The summed E-state index contributed by atoms with van der Waals surface area (Å²) in [6, 6.07) is 0. The van der Waals surface area contributed by atoms with Crippen LogP contribution in [0.15, 0.2) is 34.9 Å². The van der Waals surface area contributed by atoms with E-state index in [1.807, 2.05) is 0 Å². The van der Waals surface area contributed by atoms with Crippen molar-refractivity contribution in [3.63, 3.8) is 0 Å². The van der Waals surface area contributed by atoms with Gasteiger partial charge in [0.1, 0.15) is 0 Å². The minimum absolute atomic E-state index is 0.677. The summed E-state index contributed by atoms with van der Waals surface area (Å²) in [5.41, 5.74) is 5.93. The van der Waals surface area contributed by atoms with Crippen LogP contribution in [0, 0.1) is 5.92 Å². The maximum atomic E-state index is 4.13. The fourth-order valence-corrected chi connectivity index (χ4v) is 2.71. The molecule has 1 fully saturated rings. The molecule has 0 bridgehead atoms. The number of rotatable bonds is 4. The van der Waals surface area contributed by atoms with Crippen molar-refractivity contribution in [2.24, 2.45) is 5.92 Å². The Morgan fingerprint density at radius 3 is 2.31 bits per heavy atom. The molecule has 0 N–H and O–H groups in total. The largest absolute Gasteiger partial charge is 0.0955 e. The van der Waals surface area contributed by atoms with Crippen LogP contribution in [0.5, 0.6) is 0 Å². The molecule has 1 atom stereocenters. The van der Waals surface area contributed by atoms with Gasteiger partial charge in [-0.1, -0.05) is 37.6 Å². The zero-order valence-corrected chi connectivity index (χ0v) is 11.4. The summed E-state index contributed by atoms with van der Waals surface area (Å²) in [5.74, 6) is 0.677. The molecule has 1 aliphatic carbocycles. The molecule has 16 heavy (non-hydrogen) atoms. The van der Waals surface area contributed by atoms with Gasteiger partial charge in [0.2, 0.25) is 0 Å². The van der Waals surface area contributed by atoms with Gasteiger partial charge < -0.3 is 0 Å². The highest BCUT2D eigenvalue weighted by molar-refractivity contribution is 5.48. The summed E-state index contributed by atoms with van der Waals surface area (Å²) < 4.78 is 0. The maximum absolute atomic E-state index is 4.13. The van der Waals surface area contributed by atoms with Gasteiger partial charge in [0.15, 0.2) is 0 Å². The van der Waals surface area contributed by atoms with Crippen molar-refractivity contribution in [2.45, 2.75) is 59.8 Å². The summed E-state index contributed by atoms with van der Waals surface area (Å²) in [6.07, 6.45) is 8.85. The number of hydrogen-bond donors (Lipinski definition) is 0. The average Bonchev–Trinajstić information content (AvgIpc) is 2.77. The summed E-state index contributed by atoms with van der Waals surface area (Å²) >= 11 is 0. The molecule has 90 valence electrons. The van der Waals surface area contributed by atoms with Crippen LogP contribution in [-0.2, 0) is 0 Å². The molecular weight excluding hydrogens is 192 g/mol. The van der Waals surface area contributed by atoms with E-state index in [1.165, 1.54) is 43.3 Å². The highest BCUT2D eigenvalue weighted by atomic mass is 14.2. The molecule has 0 aromatic carbocycles. The van der Waals surface area contributed by atoms with Crippen LogP contribution in [0.1, 0.15) is 59.8 Å². The Morgan fingerprint density at radius 1 is 1.38 bits per heavy atom. The molecule has 1 saturated carbocycles. The van der Waals surface area contributed by atoms with Crippen LogP contribution < -0.4 is 0 Å². The van der Waals surface area contributed by atoms with Gasteiger partial charge in [-0.05, 0) is 63.0 Å². The maximum Gasteiger partial charge on any atom is -0.0188 e. The standard InChI is InChI=1S/C16H26/c1-6-13(5)16(14-10-8-9-11-14)15(7-2)12(3)4/h7,13H,3,6,8-11H2,1-2,4-5H3. The molecule has 0 aliphatic heterocycles. The Morgan fingerprint density at radius 2 is 1.94 bits per heavy atom. The van der Waals surface area contributed by atoms with Crippen LogP contribution in [-0.4, -0.2) is 0 Å². The molecule has 1 unspecified atom stereocenters. The second kappa shape index (κ2) is 6.08. The van der Waals surface area contributed by atoms with E-state index in [-0.39, 0.29) is 0 Å². The Kier molecular flexibility index (Phi) is 5.05. The predicted molar refractivity (Wildman–Crippen MR) is 73.5 cm³/mol. The summed E-state index contributed by atoms with van der Waals surface area (Å²) in [4.78, 5) is 0. The van der Waals surface area contributed by atoms with Crippen molar-refractivity contribution in [1.82, 2.24) is 0 Å². The minimum atomic E-state index is 0.677. The summed E-state index contributed by atoms with van der Waals surface area (Å²) in [6.45, 7) is 13.0. The lowest BCUT2D eigenvalue weighted by Gasteiger charge is -2.21. The van der Waals surface area contributed by atoms with Crippen molar-refractivity contribution < 1.29 is 0 Å². The topological polar surface area (TPSA) is 0 Å². The Bertz CT molecular complexity index is 307. The monoisotopic (exact) mass is 218 g/mol. The molecule has 0 heteroatoms. The van der Waals surface area contributed by atoms with Gasteiger partial charge in [-0.25, -0.2) is 0 Å². The van der Waals surface area contributed by atoms with Crippen LogP contribution in [0.2, 0.25) is 0 Å². The molecule has 0 amide bonds. The highest BCUT2D eigenvalue weighted by Gasteiger charge is 2.19. The van der Waals surface area contributed by atoms with Crippen molar-refractivity contribution in [2.75, 3.05) is 0 Å². The SMILES string of the molecule is C=C(C)C(=CC)C(=C1CCCC1)C(C)CC. The molecule has 0 spiro atoms. The molecule has 0 heterocycles. The van der Waals surface area contributed by atoms with Gasteiger partial charge in [0.05, 0.1) is 0 Å². The van der Waals surface area contributed by atoms with E-state index in [9.17, 15) is 0 Å². The Labute approximate surface area is 101 Å². The first-order valence-electron chi connectivity index (χ1n) is 6.66. The second-order valence-electron chi connectivity index (χ2n) is 5.02. The molecule has 1 aliphatic rings. The van der Waals surface area contributed by atoms with Crippen molar-refractivity contribution in [3.8, 4) is 0 Å². The molecule has 0 nitrogen and oxygen atoms in total. The molecular formula is C16H26. The van der Waals surface area contributed by atoms with E-state index in [4.69, 9.17) is 0 Å². The van der Waals surface area contributed by atoms with Gasteiger partial charge in [0.25, 0.3) is 0 Å². The van der Waals surface area contributed by atoms with Crippen LogP contribution in [0.25, 0.3) is 0 Å². The van der Waals surface area contributed by atoms with Crippen LogP contribution >= 0.6 is 0 Å². The van der Waals surface area contributed by atoms with E-state index in [1.54, 1.807) is 11.1 Å². The quantitative estimate of drug-likeness (QED) is 0.552. The summed E-state index contributed by atoms with van der Waals surface area (Å²) in [7, 11) is 0. The molecule has 0 radical (unpaired) electrons. The lowest BCUT2D eigenvalue weighted by atomic mass is 9.84. The molecule has 0 aromatic rings. The second-order valence-corrected chi connectivity index (χ2v) is 5.02. The van der Waals surface area contributed by atoms with Crippen molar-refractivity contribution in [1.29, 1.82) is 0 Å². The molecule has 0 aromatic heterocycles. The van der Waals surface area contributed by atoms with E-state index in [2.05, 4.69) is 40.3 Å². The third-order valence-corrected chi connectivity index (χ3v) is 3.73. The number of hydrogen-bond acceptors (Lipinski definition) is 0. The van der Waals surface area contributed by atoms with E-state index in [0.717, 1.165) is 0 Å². The molecule has 1 rings (SSSR count). The smallest absolute Gasteiger partial charge is 0.0188 e. The summed E-state index contributed by atoms with van der Waals surface area (Å²) in [5, 5.41) is 0. The van der Waals surface area contributed by atoms with E-state index >= 15 is 0 Å². The Hall–Kier alpha value is -0.780. The van der Waals surface area contributed by atoms with Crippen molar-refractivity contribution >= 4 is 0 Å². The first kappa shape index (κ1) is 13.3. The first-order valence-corrected chi connectivity index (χ1v) is 6.66. The predicted octanol–water partition coefficient (Wildman–Crippen LogP) is 5.43. The van der Waals surface area contributed by atoms with E-state index < -0.39 is 0 Å². The zero-order valence-electron chi connectivity index (χ0n) is 11.4. The normalized spacial score (nSPS) is 18.8. The van der Waals surface area contributed by atoms with Crippen LogP contribution in [0.4, 0.5) is 0 Å². The molecule has 0 saturated heterocycles. The third-order valence-electron chi connectivity index (χ3n) is 3.73. The van der Waals surface area contributed by atoms with Gasteiger partial charge >= 0.3 is 0 Å². The first-order chi connectivity index (χ1) is 7.61. The minimum Gasteiger partial charge on any atom is -0.0955 e. The number of allylic oxidation sites excluding steroid dienone is 5. The fraction of sp³-hybridized carbons (Fsp3) is 0.625. The van der Waals surface area contributed by atoms with Gasteiger partial charge in [-0.3, -0.25) is 0 Å². The van der Waals surface area contributed by atoms with Crippen LogP contribution in [0.3, 0.4) is 0 Å². The Balaban J connectivity index is 3.14. The zero-order chi connectivity index (χ0) is 12.1. The highest BCUT2D eigenvalue weighted by Crippen LogP contribution is 2.37. The fourth-order valence-electron chi connectivity index (χ4n) is 2.71. The van der Waals surface area contributed by atoms with Crippen molar-refractivity contribution in [3.05, 3.63) is 34.9 Å². The lowest BCUT2D eigenvalue weighted by Crippen LogP contribution is -2.05. The lowest BCUT2D eigenvalue weighted by molar-refractivity contribution is 0.651. The third kappa shape index (κ3) is 2.87. The average molecular weight is 218 g/mol. The van der Waals surface area contributed by atoms with Gasteiger partial charge in [-0.2, -0.15) is 0 Å². The van der Waals surface area contributed by atoms with Gasteiger partial charge in [0, 0.05) is 0 Å². The van der Waals surface area contributed by atoms with Gasteiger partial charge in [-0.15, -0.1) is 0 Å².